The zero-order chi connectivity index (χ0) is 39.4. The molecule has 1 saturated heterocycles. The molecule has 0 aliphatic carbocycles. The minimum atomic E-state index is -1.25. The molecular weight excluding hydrogens is 688 g/mol. The lowest BCUT2D eigenvalue weighted by Gasteiger charge is -2.40. The summed E-state index contributed by atoms with van der Waals surface area (Å²) in [7, 11) is 5.65. The average Bonchev–Trinajstić information content (AvgIpc) is 3.10. The standard InChI is InChI=1S/C32H56N8O12/c1-33-25(41)9-5-21(29(45)46)37-13-15-38(22(30(47)48)6-10-26(42)34-2)17-19-40(24(32(51)52)8-12-28(44)36-4)20-18-39(16-14-37)23(31(49)50)7-11-27(43)35-3/h21-24H,5-20H2,1-4H3,(H,33,41)(H,34,42)(H,35,43)(H,36,44)(H,45,46)(H,47,48)(H,49,50)(H,51,52). The molecule has 0 saturated carbocycles. The second-order valence-electron chi connectivity index (χ2n) is 12.4. The SMILES string of the molecule is CNC(=O)CCC(C(=O)O)N1CCN(C(CCC(=O)NC)C(=O)O)CCN(C(CCC(=O)NC)C(=O)O)CCN(C(CCC(=O)NC)C(=O)O)CC1. The summed E-state index contributed by atoms with van der Waals surface area (Å²) in [4.78, 5) is 105. The van der Waals surface area contributed by atoms with Crippen LogP contribution in [0.3, 0.4) is 0 Å². The third kappa shape index (κ3) is 15.9. The fraction of sp³-hybridized carbons (Fsp3) is 0.750. The molecule has 0 spiro atoms. The molecule has 1 rings (SSSR count). The number of aliphatic carboxylic acids is 4. The maximum absolute atomic E-state index is 12.6. The number of rotatable bonds is 20. The molecule has 20 heteroatoms. The summed E-state index contributed by atoms with van der Waals surface area (Å²) in [6, 6.07) is -4.87. The van der Waals surface area contributed by atoms with Crippen molar-refractivity contribution in [2.24, 2.45) is 0 Å². The molecule has 0 aromatic heterocycles. The molecule has 1 aliphatic heterocycles. The summed E-state index contributed by atoms with van der Waals surface area (Å²) in [5, 5.41) is 50.8. The first-order chi connectivity index (χ1) is 24.6. The van der Waals surface area contributed by atoms with E-state index in [9.17, 15) is 58.8 Å². The topological polar surface area (TPSA) is 279 Å². The smallest absolute Gasteiger partial charge is 0.320 e. The van der Waals surface area contributed by atoms with Crippen LogP contribution in [-0.2, 0) is 38.4 Å². The van der Waals surface area contributed by atoms with Crippen molar-refractivity contribution in [1.29, 1.82) is 0 Å². The van der Waals surface area contributed by atoms with E-state index in [0.29, 0.717) is 0 Å². The molecule has 296 valence electrons. The normalized spacial score (nSPS) is 17.9. The first-order valence-electron chi connectivity index (χ1n) is 17.3. The molecular formula is C32H56N8O12. The summed E-state index contributed by atoms with van der Waals surface area (Å²) < 4.78 is 0. The quantitative estimate of drug-likeness (QED) is 0.0622. The van der Waals surface area contributed by atoms with Gasteiger partial charge in [0.15, 0.2) is 0 Å². The van der Waals surface area contributed by atoms with Crippen LogP contribution < -0.4 is 21.3 Å². The van der Waals surface area contributed by atoms with E-state index >= 15 is 0 Å². The zero-order valence-corrected chi connectivity index (χ0v) is 30.5. The van der Waals surface area contributed by atoms with Crippen molar-refractivity contribution in [2.75, 3.05) is 80.5 Å². The van der Waals surface area contributed by atoms with E-state index in [1.165, 1.54) is 28.2 Å². The zero-order valence-electron chi connectivity index (χ0n) is 30.5. The van der Waals surface area contributed by atoms with E-state index in [0.717, 1.165) is 0 Å². The summed E-state index contributed by atoms with van der Waals surface area (Å²) >= 11 is 0. The van der Waals surface area contributed by atoms with Gasteiger partial charge < -0.3 is 41.7 Å². The second kappa shape index (κ2) is 24.0. The van der Waals surface area contributed by atoms with E-state index < -0.39 is 71.7 Å². The van der Waals surface area contributed by atoms with E-state index in [1.807, 2.05) is 0 Å². The van der Waals surface area contributed by atoms with Crippen LogP contribution in [0.4, 0.5) is 0 Å². The third-order valence-electron chi connectivity index (χ3n) is 9.30. The molecule has 0 aromatic carbocycles. The highest BCUT2D eigenvalue weighted by Crippen LogP contribution is 2.18. The van der Waals surface area contributed by atoms with E-state index in [-0.39, 0.29) is 104 Å². The van der Waals surface area contributed by atoms with Crippen LogP contribution in [0.1, 0.15) is 51.4 Å². The Kier molecular flexibility index (Phi) is 21.0. The van der Waals surface area contributed by atoms with Gasteiger partial charge in [-0.15, -0.1) is 0 Å². The van der Waals surface area contributed by atoms with Crippen molar-refractivity contribution in [3.63, 3.8) is 0 Å². The summed E-state index contributed by atoms with van der Waals surface area (Å²) in [5.74, 6) is -6.56. The number of carbonyl (C=O) groups is 8. The minimum absolute atomic E-state index is 0.0443. The molecule has 4 unspecified atom stereocenters. The number of nitrogens with one attached hydrogen (secondary N) is 4. The first-order valence-corrected chi connectivity index (χ1v) is 17.3. The van der Waals surface area contributed by atoms with E-state index in [2.05, 4.69) is 21.3 Å². The Balaban J connectivity index is 3.75. The predicted molar refractivity (Wildman–Crippen MR) is 185 cm³/mol. The Bertz CT molecular complexity index is 1040. The molecule has 0 radical (unpaired) electrons. The highest BCUT2D eigenvalue weighted by Gasteiger charge is 2.35. The Hall–Kier alpha value is -4.40. The second-order valence-corrected chi connectivity index (χ2v) is 12.4. The third-order valence-corrected chi connectivity index (χ3v) is 9.30. The molecule has 1 heterocycles. The monoisotopic (exact) mass is 744 g/mol. The molecule has 4 amide bonds. The minimum Gasteiger partial charge on any atom is -0.480 e. The fourth-order valence-electron chi connectivity index (χ4n) is 6.14. The van der Waals surface area contributed by atoms with Gasteiger partial charge in [0.2, 0.25) is 23.6 Å². The van der Waals surface area contributed by atoms with Gasteiger partial charge in [-0.25, -0.2) is 0 Å². The van der Waals surface area contributed by atoms with Crippen molar-refractivity contribution in [2.45, 2.75) is 75.5 Å². The Morgan fingerprint density at radius 1 is 0.385 bits per heavy atom. The van der Waals surface area contributed by atoms with Gasteiger partial charge in [0.1, 0.15) is 24.2 Å². The molecule has 8 N–H and O–H groups in total. The van der Waals surface area contributed by atoms with Crippen molar-refractivity contribution in [3.05, 3.63) is 0 Å². The lowest BCUT2D eigenvalue weighted by atomic mass is 10.1. The van der Waals surface area contributed by atoms with Gasteiger partial charge in [0, 0.05) is 106 Å². The van der Waals surface area contributed by atoms with Gasteiger partial charge in [-0.1, -0.05) is 0 Å². The molecule has 52 heavy (non-hydrogen) atoms. The van der Waals surface area contributed by atoms with Gasteiger partial charge in [0.05, 0.1) is 0 Å². The van der Waals surface area contributed by atoms with Crippen molar-refractivity contribution in [3.8, 4) is 0 Å². The van der Waals surface area contributed by atoms with Crippen molar-refractivity contribution in [1.82, 2.24) is 40.9 Å². The number of carbonyl (C=O) groups excluding carboxylic acids is 4. The summed E-state index contributed by atoms with van der Waals surface area (Å²) in [6.07, 6.45) is -0.948. The highest BCUT2D eigenvalue weighted by molar-refractivity contribution is 5.80. The molecule has 1 fully saturated rings. The number of amides is 4. The average molecular weight is 745 g/mol. The Morgan fingerprint density at radius 3 is 0.654 bits per heavy atom. The van der Waals surface area contributed by atoms with Gasteiger partial charge >= 0.3 is 23.9 Å². The number of hydrogen-bond acceptors (Lipinski definition) is 12. The van der Waals surface area contributed by atoms with Gasteiger partial charge in [0.25, 0.3) is 0 Å². The maximum atomic E-state index is 12.6. The molecule has 20 nitrogen and oxygen atoms in total. The fourth-order valence-corrected chi connectivity index (χ4v) is 6.14. The highest BCUT2D eigenvalue weighted by atomic mass is 16.4. The summed E-state index contributed by atoms with van der Waals surface area (Å²) in [6.45, 7) is -0.355. The Morgan fingerprint density at radius 2 is 0.538 bits per heavy atom. The van der Waals surface area contributed by atoms with Crippen LogP contribution in [0.2, 0.25) is 0 Å². The van der Waals surface area contributed by atoms with Crippen LogP contribution in [-0.4, -0.2) is 192 Å². The number of nitrogens with zero attached hydrogens (tertiary/aromatic N) is 4. The van der Waals surface area contributed by atoms with Crippen LogP contribution in [0.25, 0.3) is 0 Å². The molecule has 0 aromatic rings. The maximum Gasteiger partial charge on any atom is 0.320 e. The van der Waals surface area contributed by atoms with Crippen LogP contribution >= 0.6 is 0 Å². The van der Waals surface area contributed by atoms with Crippen LogP contribution in [0.5, 0.6) is 0 Å². The van der Waals surface area contributed by atoms with E-state index in [4.69, 9.17) is 0 Å². The number of hydrogen-bond donors (Lipinski definition) is 8. The first kappa shape index (κ1) is 45.6. The van der Waals surface area contributed by atoms with Crippen LogP contribution in [0, 0.1) is 0 Å². The lowest BCUT2D eigenvalue weighted by Crippen LogP contribution is -2.56. The van der Waals surface area contributed by atoms with Crippen molar-refractivity contribution < 1.29 is 58.8 Å². The number of carboxylic acids is 4. The molecule has 4 atom stereocenters. The van der Waals surface area contributed by atoms with Gasteiger partial charge in [-0.3, -0.25) is 58.0 Å². The van der Waals surface area contributed by atoms with Crippen molar-refractivity contribution >= 4 is 47.5 Å². The lowest BCUT2D eigenvalue weighted by molar-refractivity contribution is -0.148. The van der Waals surface area contributed by atoms with E-state index in [1.54, 1.807) is 19.6 Å². The summed E-state index contributed by atoms with van der Waals surface area (Å²) in [5.41, 5.74) is 0. The van der Waals surface area contributed by atoms with Crippen LogP contribution in [0.15, 0.2) is 0 Å². The Labute approximate surface area is 303 Å². The number of carboxylic acid groups (broad SMARTS) is 4. The predicted octanol–water partition coefficient (Wildman–Crippen LogP) is -2.87. The van der Waals surface area contributed by atoms with Gasteiger partial charge in [-0.2, -0.15) is 0 Å². The largest absolute Gasteiger partial charge is 0.480 e. The van der Waals surface area contributed by atoms with Gasteiger partial charge in [-0.05, 0) is 25.7 Å². The molecule has 1 aliphatic rings. The molecule has 0 bridgehead atoms.